The van der Waals surface area contributed by atoms with Gasteiger partial charge in [0.2, 0.25) is 0 Å². The van der Waals surface area contributed by atoms with Crippen LogP contribution in [0.2, 0.25) is 0 Å². The molecule has 0 saturated carbocycles. The van der Waals surface area contributed by atoms with Gasteiger partial charge in [0.15, 0.2) is 6.61 Å². The van der Waals surface area contributed by atoms with Crippen molar-refractivity contribution in [2.75, 3.05) is 33.8 Å². The normalized spacial score (nSPS) is 17.0. The minimum absolute atomic E-state index is 0.278. The Labute approximate surface area is 139 Å². The van der Waals surface area contributed by atoms with Crippen LogP contribution in [0.25, 0.3) is 0 Å². The van der Waals surface area contributed by atoms with Gasteiger partial charge < -0.3 is 9.64 Å². The Balaban J connectivity index is 1.86. The SMILES string of the molecule is CN(C)C(=O)COC(=O)C1CCN(S(=O)(=O)c2cccs2)CC1. The van der Waals surface area contributed by atoms with E-state index in [1.807, 2.05) is 0 Å². The van der Waals surface area contributed by atoms with E-state index >= 15 is 0 Å². The molecule has 0 unspecified atom stereocenters. The van der Waals surface area contributed by atoms with Crippen LogP contribution in [0.15, 0.2) is 21.7 Å². The minimum atomic E-state index is -3.47. The summed E-state index contributed by atoms with van der Waals surface area (Å²) < 4.78 is 31.5. The number of esters is 1. The highest BCUT2D eigenvalue weighted by Gasteiger charge is 2.33. The van der Waals surface area contributed by atoms with Gasteiger partial charge in [0.05, 0.1) is 5.92 Å². The summed E-state index contributed by atoms with van der Waals surface area (Å²) in [6.45, 7) is 0.281. The zero-order valence-electron chi connectivity index (χ0n) is 13.1. The Kier molecular flexibility index (Phi) is 5.77. The fraction of sp³-hybridized carbons (Fsp3) is 0.571. The maximum Gasteiger partial charge on any atom is 0.309 e. The molecule has 0 aliphatic carbocycles. The molecule has 1 aliphatic rings. The highest BCUT2D eigenvalue weighted by molar-refractivity contribution is 7.91. The second-order valence-electron chi connectivity index (χ2n) is 5.51. The van der Waals surface area contributed by atoms with Crippen molar-refractivity contribution in [2.45, 2.75) is 17.1 Å². The van der Waals surface area contributed by atoms with E-state index in [0.717, 1.165) is 0 Å². The first-order chi connectivity index (χ1) is 10.8. The van der Waals surface area contributed by atoms with Gasteiger partial charge in [0.1, 0.15) is 4.21 Å². The number of sulfonamides is 1. The smallest absolute Gasteiger partial charge is 0.309 e. The molecular formula is C14H20N2O5S2. The zero-order chi connectivity index (χ0) is 17.0. The van der Waals surface area contributed by atoms with E-state index in [1.54, 1.807) is 31.6 Å². The lowest BCUT2D eigenvalue weighted by molar-refractivity contribution is -0.155. The van der Waals surface area contributed by atoms with Crippen molar-refractivity contribution < 1.29 is 22.7 Å². The van der Waals surface area contributed by atoms with Crippen LogP contribution < -0.4 is 0 Å². The molecule has 0 aromatic carbocycles. The number of carbonyl (C=O) groups excluding carboxylic acids is 2. The molecule has 2 rings (SSSR count). The van der Waals surface area contributed by atoms with Crippen LogP contribution in [0.1, 0.15) is 12.8 Å². The number of ether oxygens (including phenoxy) is 1. The Morgan fingerprint density at radius 1 is 1.35 bits per heavy atom. The van der Waals surface area contributed by atoms with Crippen LogP contribution >= 0.6 is 11.3 Å². The summed E-state index contributed by atoms with van der Waals surface area (Å²) in [4.78, 5) is 24.7. The monoisotopic (exact) mass is 360 g/mol. The molecule has 0 bridgehead atoms. The van der Waals surface area contributed by atoms with Gasteiger partial charge in [0.25, 0.3) is 15.9 Å². The Hall–Kier alpha value is -1.45. The lowest BCUT2D eigenvalue weighted by Crippen LogP contribution is -2.40. The van der Waals surface area contributed by atoms with E-state index in [9.17, 15) is 18.0 Å². The van der Waals surface area contributed by atoms with Crippen molar-refractivity contribution in [3.63, 3.8) is 0 Å². The van der Waals surface area contributed by atoms with E-state index in [4.69, 9.17) is 4.74 Å². The van der Waals surface area contributed by atoms with Gasteiger partial charge in [-0.1, -0.05) is 6.07 Å². The van der Waals surface area contributed by atoms with E-state index in [2.05, 4.69) is 0 Å². The van der Waals surface area contributed by atoms with Crippen LogP contribution in [-0.2, 0) is 24.3 Å². The third kappa shape index (κ3) is 4.30. The maximum atomic E-state index is 12.4. The Bertz CT molecular complexity index is 647. The van der Waals surface area contributed by atoms with Gasteiger partial charge in [-0.25, -0.2) is 8.42 Å². The molecule has 1 aliphatic heterocycles. The topological polar surface area (TPSA) is 84.0 Å². The highest BCUT2D eigenvalue weighted by atomic mass is 32.2. The molecule has 1 fully saturated rings. The van der Waals surface area contributed by atoms with Crippen LogP contribution in [0.3, 0.4) is 0 Å². The third-order valence-electron chi connectivity index (χ3n) is 3.71. The fourth-order valence-electron chi connectivity index (χ4n) is 2.25. The van der Waals surface area contributed by atoms with E-state index in [1.165, 1.54) is 20.5 Å². The van der Waals surface area contributed by atoms with Gasteiger partial charge in [-0.2, -0.15) is 4.31 Å². The molecule has 23 heavy (non-hydrogen) atoms. The quantitative estimate of drug-likeness (QED) is 0.725. The first kappa shape index (κ1) is 17.9. The molecule has 2 heterocycles. The van der Waals surface area contributed by atoms with Crippen LogP contribution in [0.4, 0.5) is 0 Å². The largest absolute Gasteiger partial charge is 0.455 e. The number of rotatable bonds is 5. The van der Waals surface area contributed by atoms with Crippen molar-refractivity contribution in [1.29, 1.82) is 0 Å². The van der Waals surface area contributed by atoms with Crippen molar-refractivity contribution in [3.05, 3.63) is 17.5 Å². The molecule has 0 spiro atoms. The lowest BCUT2D eigenvalue weighted by atomic mass is 9.98. The molecule has 128 valence electrons. The summed E-state index contributed by atoms with van der Waals surface area (Å²) in [7, 11) is -0.291. The number of hydrogen-bond donors (Lipinski definition) is 0. The maximum absolute atomic E-state index is 12.4. The highest BCUT2D eigenvalue weighted by Crippen LogP contribution is 2.26. The lowest BCUT2D eigenvalue weighted by Gasteiger charge is -2.29. The summed E-state index contributed by atoms with van der Waals surface area (Å²) in [5.41, 5.74) is 0. The van der Waals surface area contributed by atoms with Crippen molar-refractivity contribution in [2.24, 2.45) is 5.92 Å². The van der Waals surface area contributed by atoms with Gasteiger partial charge in [0, 0.05) is 27.2 Å². The van der Waals surface area contributed by atoms with E-state index < -0.39 is 16.0 Å². The third-order valence-corrected chi connectivity index (χ3v) is 6.98. The molecule has 1 saturated heterocycles. The minimum Gasteiger partial charge on any atom is -0.455 e. The molecule has 0 atom stereocenters. The standard InChI is InChI=1S/C14H20N2O5S2/c1-15(2)12(17)10-21-14(18)11-5-7-16(8-6-11)23(19,20)13-4-3-9-22-13/h3-4,9,11H,5-8,10H2,1-2H3. The Morgan fingerprint density at radius 2 is 2.00 bits per heavy atom. The first-order valence-electron chi connectivity index (χ1n) is 7.23. The number of likely N-dealkylation sites (N-methyl/N-ethyl adjacent to an activating group) is 1. The summed E-state index contributed by atoms with van der Waals surface area (Å²) in [5, 5.41) is 1.72. The van der Waals surface area contributed by atoms with Gasteiger partial charge >= 0.3 is 5.97 Å². The first-order valence-corrected chi connectivity index (χ1v) is 9.55. The summed E-state index contributed by atoms with van der Waals surface area (Å²) in [6.07, 6.45) is 0.805. The van der Waals surface area contributed by atoms with Crippen molar-refractivity contribution in [1.82, 2.24) is 9.21 Å². The number of piperidine rings is 1. The molecule has 0 radical (unpaired) electrons. The average molecular weight is 360 g/mol. The van der Waals surface area contributed by atoms with Gasteiger partial charge in [-0.15, -0.1) is 11.3 Å². The molecule has 1 amide bonds. The van der Waals surface area contributed by atoms with Crippen molar-refractivity contribution >= 4 is 33.2 Å². The second-order valence-corrected chi connectivity index (χ2v) is 8.62. The average Bonchev–Trinajstić information content (AvgIpc) is 3.07. The molecule has 0 N–H and O–H groups in total. The molecule has 9 heteroatoms. The number of thiophene rings is 1. The summed E-state index contributed by atoms with van der Waals surface area (Å²) >= 11 is 1.18. The summed E-state index contributed by atoms with van der Waals surface area (Å²) in [5.74, 6) is -1.08. The summed E-state index contributed by atoms with van der Waals surface area (Å²) in [6, 6.07) is 3.27. The molecule has 7 nitrogen and oxygen atoms in total. The van der Waals surface area contributed by atoms with E-state index in [-0.39, 0.29) is 31.5 Å². The number of nitrogens with zero attached hydrogens (tertiary/aromatic N) is 2. The number of hydrogen-bond acceptors (Lipinski definition) is 6. The van der Waals surface area contributed by atoms with Gasteiger partial charge in [-0.05, 0) is 24.3 Å². The van der Waals surface area contributed by atoms with Crippen LogP contribution in [-0.4, -0.2) is 63.3 Å². The Morgan fingerprint density at radius 3 is 2.52 bits per heavy atom. The fourth-order valence-corrected chi connectivity index (χ4v) is 4.86. The van der Waals surface area contributed by atoms with Crippen LogP contribution in [0, 0.1) is 5.92 Å². The van der Waals surface area contributed by atoms with Crippen LogP contribution in [0.5, 0.6) is 0 Å². The molecule has 1 aromatic heterocycles. The van der Waals surface area contributed by atoms with Gasteiger partial charge in [-0.3, -0.25) is 9.59 Å². The number of amides is 1. The molecular weight excluding hydrogens is 340 g/mol. The predicted molar refractivity (Wildman–Crippen MR) is 85.5 cm³/mol. The van der Waals surface area contributed by atoms with Crippen molar-refractivity contribution in [3.8, 4) is 0 Å². The zero-order valence-corrected chi connectivity index (χ0v) is 14.7. The second kappa shape index (κ2) is 7.41. The van der Waals surface area contributed by atoms with E-state index in [0.29, 0.717) is 17.1 Å². The molecule has 1 aromatic rings. The number of carbonyl (C=O) groups is 2. The predicted octanol–water partition coefficient (Wildman–Crippen LogP) is 0.780.